The van der Waals surface area contributed by atoms with Gasteiger partial charge in [-0.1, -0.05) is 85.1 Å². The van der Waals surface area contributed by atoms with Gasteiger partial charge in [0.25, 0.3) is 0 Å². The van der Waals surface area contributed by atoms with Crippen LogP contribution in [0.3, 0.4) is 0 Å². The minimum Gasteiger partial charge on any atom is -0.478 e. The van der Waals surface area contributed by atoms with Crippen LogP contribution in [0, 0.1) is 11.8 Å². The SMILES string of the molecule is CCCCC(CC)Cc1ccc(C(=O)OC)c(C(=O)O)c1CC(CC)CCCC. The van der Waals surface area contributed by atoms with Gasteiger partial charge in [0.2, 0.25) is 0 Å². The van der Waals surface area contributed by atoms with Gasteiger partial charge in [0.1, 0.15) is 0 Å². The Morgan fingerprint density at radius 1 is 0.931 bits per heavy atom. The quantitative estimate of drug-likeness (QED) is 0.351. The number of esters is 1. The molecule has 1 N–H and O–H groups in total. The number of carboxylic acids is 1. The van der Waals surface area contributed by atoms with E-state index < -0.39 is 11.9 Å². The number of ether oxygens (including phenoxy) is 1. The molecule has 0 aliphatic heterocycles. The number of hydrogen-bond acceptors (Lipinski definition) is 3. The van der Waals surface area contributed by atoms with Gasteiger partial charge in [-0.2, -0.15) is 0 Å². The minimum atomic E-state index is -1.03. The summed E-state index contributed by atoms with van der Waals surface area (Å²) in [6.07, 6.45) is 10.5. The Morgan fingerprint density at radius 2 is 1.48 bits per heavy atom. The van der Waals surface area contributed by atoms with Crippen LogP contribution in [0.1, 0.15) is 111 Å². The highest BCUT2D eigenvalue weighted by atomic mass is 16.5. The lowest BCUT2D eigenvalue weighted by Gasteiger charge is -2.23. The van der Waals surface area contributed by atoms with Crippen molar-refractivity contribution in [2.24, 2.45) is 11.8 Å². The molecule has 0 aromatic heterocycles. The van der Waals surface area contributed by atoms with Crippen LogP contribution >= 0.6 is 0 Å². The van der Waals surface area contributed by atoms with E-state index in [1.54, 1.807) is 6.07 Å². The second kappa shape index (κ2) is 13.4. The Bertz CT molecular complexity index is 650. The Hall–Kier alpha value is -1.84. The van der Waals surface area contributed by atoms with Gasteiger partial charge in [0.15, 0.2) is 0 Å². The lowest BCUT2D eigenvalue weighted by molar-refractivity contribution is 0.0582. The zero-order chi connectivity index (χ0) is 21.8. The van der Waals surface area contributed by atoms with E-state index in [0.29, 0.717) is 18.3 Å². The second-order valence-corrected chi connectivity index (χ2v) is 8.16. The largest absolute Gasteiger partial charge is 0.478 e. The smallest absolute Gasteiger partial charge is 0.338 e. The first-order valence-corrected chi connectivity index (χ1v) is 11.4. The van der Waals surface area contributed by atoms with E-state index in [1.165, 1.54) is 20.0 Å². The molecule has 0 spiro atoms. The molecule has 164 valence electrons. The van der Waals surface area contributed by atoms with E-state index in [2.05, 4.69) is 27.7 Å². The van der Waals surface area contributed by atoms with E-state index in [9.17, 15) is 14.7 Å². The average Bonchev–Trinajstić information content (AvgIpc) is 2.73. The molecule has 0 radical (unpaired) electrons. The van der Waals surface area contributed by atoms with E-state index in [4.69, 9.17) is 4.74 Å². The Morgan fingerprint density at radius 3 is 1.93 bits per heavy atom. The molecule has 0 amide bonds. The highest BCUT2D eigenvalue weighted by molar-refractivity contribution is 6.03. The number of aromatic carboxylic acids is 1. The van der Waals surface area contributed by atoms with Gasteiger partial charge in [-0.3, -0.25) is 0 Å². The summed E-state index contributed by atoms with van der Waals surface area (Å²) in [5.41, 5.74) is 2.26. The van der Waals surface area contributed by atoms with E-state index in [-0.39, 0.29) is 11.1 Å². The Balaban J connectivity index is 3.43. The molecule has 0 saturated carbocycles. The van der Waals surface area contributed by atoms with Gasteiger partial charge >= 0.3 is 11.9 Å². The molecule has 0 aliphatic rings. The zero-order valence-electron chi connectivity index (χ0n) is 19.1. The normalized spacial score (nSPS) is 13.1. The molecule has 29 heavy (non-hydrogen) atoms. The molecule has 1 aromatic rings. The van der Waals surface area contributed by atoms with Gasteiger partial charge < -0.3 is 9.84 Å². The van der Waals surface area contributed by atoms with E-state index in [0.717, 1.165) is 56.1 Å². The van der Waals surface area contributed by atoms with Crippen molar-refractivity contribution in [1.29, 1.82) is 0 Å². The molecule has 0 saturated heterocycles. The summed E-state index contributed by atoms with van der Waals surface area (Å²) in [5.74, 6) is -0.644. The maximum absolute atomic E-state index is 12.3. The van der Waals surface area contributed by atoms with Crippen molar-refractivity contribution in [3.05, 3.63) is 34.4 Å². The lowest BCUT2D eigenvalue weighted by atomic mass is 9.82. The lowest BCUT2D eigenvalue weighted by Crippen LogP contribution is -2.18. The molecule has 2 unspecified atom stereocenters. The number of unbranched alkanes of at least 4 members (excludes halogenated alkanes) is 2. The number of carboxylic acid groups (broad SMARTS) is 1. The molecule has 0 heterocycles. The minimum absolute atomic E-state index is 0.148. The standard InChI is InChI=1S/C25H40O4/c1-6-10-12-18(8-3)16-20-14-15-21(25(28)29-5)23(24(26)27)22(20)17-19(9-4)13-11-7-2/h14-15,18-19H,6-13,16-17H2,1-5H3,(H,26,27). The van der Waals surface area contributed by atoms with Crippen molar-refractivity contribution in [3.8, 4) is 0 Å². The first-order valence-electron chi connectivity index (χ1n) is 11.4. The average molecular weight is 405 g/mol. The fourth-order valence-electron chi connectivity index (χ4n) is 4.13. The Labute approximate surface area is 177 Å². The number of methoxy groups -OCH3 is 1. The number of benzene rings is 1. The van der Waals surface area contributed by atoms with Crippen molar-refractivity contribution in [2.75, 3.05) is 7.11 Å². The fourth-order valence-corrected chi connectivity index (χ4v) is 4.13. The van der Waals surface area contributed by atoms with Crippen molar-refractivity contribution < 1.29 is 19.4 Å². The topological polar surface area (TPSA) is 63.6 Å². The molecule has 4 nitrogen and oxygen atoms in total. The van der Waals surface area contributed by atoms with Crippen LogP contribution in [0.25, 0.3) is 0 Å². The van der Waals surface area contributed by atoms with Crippen molar-refractivity contribution >= 4 is 11.9 Å². The van der Waals surface area contributed by atoms with Gasteiger partial charge in [-0.05, 0) is 41.9 Å². The van der Waals surface area contributed by atoms with Gasteiger partial charge in [0, 0.05) is 0 Å². The first-order chi connectivity index (χ1) is 13.9. The summed E-state index contributed by atoms with van der Waals surface area (Å²) >= 11 is 0. The van der Waals surface area contributed by atoms with Crippen molar-refractivity contribution in [2.45, 2.75) is 91.9 Å². The van der Waals surface area contributed by atoms with Crippen LogP contribution in [0.15, 0.2) is 12.1 Å². The molecule has 0 fully saturated rings. The zero-order valence-corrected chi connectivity index (χ0v) is 19.1. The van der Waals surface area contributed by atoms with Crippen LogP contribution in [-0.2, 0) is 17.6 Å². The predicted molar refractivity (Wildman–Crippen MR) is 119 cm³/mol. The summed E-state index contributed by atoms with van der Waals surface area (Å²) in [6.45, 7) is 8.75. The van der Waals surface area contributed by atoms with Crippen molar-refractivity contribution in [3.63, 3.8) is 0 Å². The third-order valence-electron chi connectivity index (χ3n) is 6.12. The molecular formula is C25H40O4. The van der Waals surface area contributed by atoms with Gasteiger partial charge in [0.05, 0.1) is 18.2 Å². The monoisotopic (exact) mass is 404 g/mol. The number of carbonyl (C=O) groups excluding carboxylic acids is 1. The molecule has 0 aliphatic carbocycles. The summed E-state index contributed by atoms with van der Waals surface area (Å²) in [5, 5.41) is 10.0. The highest BCUT2D eigenvalue weighted by Gasteiger charge is 2.26. The van der Waals surface area contributed by atoms with E-state index in [1.807, 2.05) is 6.07 Å². The molecular weight excluding hydrogens is 364 g/mol. The Kier molecular flexibility index (Phi) is 11.6. The van der Waals surface area contributed by atoms with E-state index >= 15 is 0 Å². The number of carbonyl (C=O) groups is 2. The van der Waals surface area contributed by atoms with Gasteiger partial charge in [-0.25, -0.2) is 9.59 Å². The summed E-state index contributed by atoms with van der Waals surface area (Å²) < 4.78 is 4.87. The predicted octanol–water partition coefficient (Wildman–Crippen LogP) is 6.69. The van der Waals surface area contributed by atoms with Crippen LogP contribution in [0.5, 0.6) is 0 Å². The summed E-state index contributed by atoms with van der Waals surface area (Å²) in [4.78, 5) is 24.5. The third-order valence-corrected chi connectivity index (χ3v) is 6.12. The third kappa shape index (κ3) is 7.49. The number of rotatable bonds is 14. The van der Waals surface area contributed by atoms with Crippen LogP contribution in [0.4, 0.5) is 0 Å². The molecule has 4 heteroatoms. The first kappa shape index (κ1) is 25.2. The summed E-state index contributed by atoms with van der Waals surface area (Å²) in [6, 6.07) is 3.61. The van der Waals surface area contributed by atoms with Gasteiger partial charge in [-0.15, -0.1) is 0 Å². The molecule has 1 rings (SSSR count). The van der Waals surface area contributed by atoms with Crippen LogP contribution in [-0.4, -0.2) is 24.2 Å². The molecule has 1 aromatic carbocycles. The highest BCUT2D eigenvalue weighted by Crippen LogP contribution is 2.30. The molecule has 0 bridgehead atoms. The fraction of sp³-hybridized carbons (Fsp3) is 0.680. The summed E-state index contributed by atoms with van der Waals surface area (Å²) in [7, 11) is 1.30. The number of hydrogen-bond donors (Lipinski definition) is 1. The van der Waals surface area contributed by atoms with Crippen LogP contribution < -0.4 is 0 Å². The maximum atomic E-state index is 12.3. The second-order valence-electron chi connectivity index (χ2n) is 8.16. The van der Waals surface area contributed by atoms with Crippen molar-refractivity contribution in [1.82, 2.24) is 0 Å². The maximum Gasteiger partial charge on any atom is 0.338 e. The molecule has 2 atom stereocenters. The van der Waals surface area contributed by atoms with Crippen LogP contribution in [0.2, 0.25) is 0 Å².